The topological polar surface area (TPSA) is 175 Å². The second-order valence-electron chi connectivity index (χ2n) is 7.95. The number of fused-ring (bicyclic) bond motifs is 1. The molecule has 2 fully saturated rings. The molecule has 17 heteroatoms. The zero-order valence-corrected chi connectivity index (χ0v) is 21.9. The Hall–Kier alpha value is -2.31. The number of hydrogen-bond donors (Lipinski definition) is 4. The zero-order chi connectivity index (χ0) is 25.2. The fourth-order valence-electron chi connectivity index (χ4n) is 3.87. The van der Waals surface area contributed by atoms with Crippen LogP contribution in [0, 0.1) is 0 Å². The molecule has 1 aromatic rings. The van der Waals surface area contributed by atoms with Crippen molar-refractivity contribution in [1.82, 2.24) is 28.6 Å². The van der Waals surface area contributed by atoms with Gasteiger partial charge in [-0.3, -0.25) is 19.8 Å². The van der Waals surface area contributed by atoms with Gasteiger partial charge in [0.05, 0.1) is 12.5 Å². The van der Waals surface area contributed by atoms with Gasteiger partial charge in [0.2, 0.25) is 11.5 Å². The van der Waals surface area contributed by atoms with Crippen LogP contribution in [0.1, 0.15) is 18.7 Å². The molecule has 13 nitrogen and oxygen atoms in total. The summed E-state index contributed by atoms with van der Waals surface area (Å²) in [5.74, 6) is -0.671. The largest absolute Gasteiger partial charge is 0.477 e. The first-order valence-electron chi connectivity index (χ1n) is 10.9. The van der Waals surface area contributed by atoms with E-state index in [1.165, 1.54) is 28.6 Å². The zero-order valence-electron chi connectivity index (χ0n) is 18.7. The third-order valence-corrected chi connectivity index (χ3v) is 9.75. The number of aromatic nitrogens is 2. The van der Waals surface area contributed by atoms with Crippen LogP contribution < -0.4 is 16.4 Å². The number of oxime groups is 1. The molecule has 36 heavy (non-hydrogen) atoms. The molecule has 0 bridgehead atoms. The molecule has 5 rings (SSSR count). The Balaban J connectivity index is 1.29. The molecule has 4 heterocycles. The molecule has 5 N–H and O–H groups in total. The number of carbonyl (C=O) groups excluding carboxylic acids is 2. The first-order chi connectivity index (χ1) is 17.4. The molecule has 0 radical (unpaired) electrons. The van der Waals surface area contributed by atoms with Crippen molar-refractivity contribution in [1.29, 1.82) is 0 Å². The number of carbonyl (C=O) groups is 3. The molecule has 4 aliphatic rings. The number of aliphatic carboxylic acids is 1. The number of amides is 2. The number of nitrogens with two attached hydrogens (primary N) is 1. The molecule has 3 atom stereocenters. The van der Waals surface area contributed by atoms with E-state index >= 15 is 0 Å². The molecular formula is C19H22N8O5S4. The van der Waals surface area contributed by atoms with Crippen LogP contribution >= 0.6 is 47.2 Å². The van der Waals surface area contributed by atoms with Crippen LogP contribution in [0.15, 0.2) is 28.6 Å². The standard InChI is InChI=1S/C19H22N8O5S4/c20-19-23-14(25-36-19)11(24-32-10-3-1-2-4-10)15(28)22-12-16(29)27-13(18(30)31)9(5-33-17(12)27)6-34-26-7-21-8-35-26/h1,3,10,12,17,21H,2,4-8H2,(H,22,28)(H,30,31)(H2,20,23,25)/b24-11-/t10?,12?,17-/m1/s1. The Morgan fingerprint density at radius 3 is 2.97 bits per heavy atom. The van der Waals surface area contributed by atoms with Crippen molar-refractivity contribution >= 4 is 75.8 Å². The smallest absolute Gasteiger partial charge is 0.352 e. The van der Waals surface area contributed by atoms with E-state index in [0.29, 0.717) is 23.7 Å². The Bertz CT molecular complexity index is 1150. The average molecular weight is 571 g/mol. The van der Waals surface area contributed by atoms with Crippen LogP contribution in [0.5, 0.6) is 0 Å². The van der Waals surface area contributed by atoms with Gasteiger partial charge in [0.15, 0.2) is 5.13 Å². The Morgan fingerprint density at radius 2 is 2.31 bits per heavy atom. The predicted molar refractivity (Wildman–Crippen MR) is 139 cm³/mol. The van der Waals surface area contributed by atoms with Crippen molar-refractivity contribution in [2.24, 2.45) is 5.16 Å². The summed E-state index contributed by atoms with van der Waals surface area (Å²) in [6.07, 6.45) is 5.12. The van der Waals surface area contributed by atoms with Gasteiger partial charge in [-0.2, -0.15) is 13.1 Å². The van der Waals surface area contributed by atoms with Crippen LogP contribution in [0.2, 0.25) is 0 Å². The van der Waals surface area contributed by atoms with Gasteiger partial charge in [-0.25, -0.2) is 4.79 Å². The van der Waals surface area contributed by atoms with Crippen molar-refractivity contribution in [3.63, 3.8) is 0 Å². The number of nitrogen functional groups attached to an aromatic ring is 1. The maximum Gasteiger partial charge on any atom is 0.352 e. The molecular weight excluding hydrogens is 549 g/mol. The summed E-state index contributed by atoms with van der Waals surface area (Å²) < 4.78 is 6.09. The fraction of sp³-hybridized carbons (Fsp3) is 0.474. The van der Waals surface area contributed by atoms with Gasteiger partial charge in [0.1, 0.15) is 23.2 Å². The highest BCUT2D eigenvalue weighted by Gasteiger charge is 2.54. The summed E-state index contributed by atoms with van der Waals surface area (Å²) in [7, 11) is 0. The summed E-state index contributed by atoms with van der Waals surface area (Å²) in [5, 5.41) is 19.3. The number of carboxylic acids is 1. The van der Waals surface area contributed by atoms with Crippen LogP contribution in [0.3, 0.4) is 0 Å². The molecule has 0 spiro atoms. The second kappa shape index (κ2) is 11.0. The van der Waals surface area contributed by atoms with Crippen molar-refractivity contribution in [2.45, 2.75) is 30.4 Å². The van der Waals surface area contributed by atoms with Gasteiger partial charge in [0, 0.05) is 23.0 Å². The van der Waals surface area contributed by atoms with Gasteiger partial charge >= 0.3 is 5.97 Å². The maximum absolute atomic E-state index is 13.1. The summed E-state index contributed by atoms with van der Waals surface area (Å²) in [4.78, 5) is 49.0. The summed E-state index contributed by atoms with van der Waals surface area (Å²) in [6, 6.07) is -0.919. The highest BCUT2D eigenvalue weighted by Crippen LogP contribution is 2.41. The molecule has 0 saturated carbocycles. The molecule has 1 aliphatic carbocycles. The van der Waals surface area contributed by atoms with Crippen LogP contribution in [0.25, 0.3) is 0 Å². The number of carboxylic acid groups (broad SMARTS) is 1. The van der Waals surface area contributed by atoms with Crippen molar-refractivity contribution in [3.8, 4) is 0 Å². The molecule has 2 saturated heterocycles. The van der Waals surface area contributed by atoms with E-state index in [0.717, 1.165) is 30.3 Å². The number of anilines is 1. The third-order valence-electron chi connectivity index (χ3n) is 5.59. The number of thioether (sulfide) groups is 1. The highest BCUT2D eigenvalue weighted by molar-refractivity contribution is 8.12. The quantitative estimate of drug-likeness (QED) is 0.106. The van der Waals surface area contributed by atoms with E-state index in [1.54, 1.807) is 11.9 Å². The molecule has 0 aromatic carbocycles. The van der Waals surface area contributed by atoms with E-state index in [4.69, 9.17) is 10.6 Å². The van der Waals surface area contributed by atoms with Crippen molar-refractivity contribution in [2.75, 3.05) is 29.8 Å². The third kappa shape index (κ3) is 5.21. The van der Waals surface area contributed by atoms with Crippen molar-refractivity contribution < 1.29 is 24.3 Å². The van der Waals surface area contributed by atoms with E-state index in [1.807, 2.05) is 15.9 Å². The minimum Gasteiger partial charge on any atom is -0.477 e. The number of nitrogens with one attached hydrogen (secondary N) is 2. The van der Waals surface area contributed by atoms with Crippen molar-refractivity contribution in [3.05, 3.63) is 29.2 Å². The van der Waals surface area contributed by atoms with Gasteiger partial charge in [0.25, 0.3) is 11.8 Å². The highest BCUT2D eigenvalue weighted by atomic mass is 32.2. The van der Waals surface area contributed by atoms with Crippen LogP contribution in [-0.4, -0.2) is 88.1 Å². The number of hydrogen-bond acceptors (Lipinski definition) is 14. The van der Waals surface area contributed by atoms with E-state index < -0.39 is 29.2 Å². The van der Waals surface area contributed by atoms with E-state index in [9.17, 15) is 19.5 Å². The Kier molecular flexibility index (Phi) is 7.73. The van der Waals surface area contributed by atoms with Gasteiger partial charge in [-0.1, -0.05) is 35.1 Å². The van der Waals surface area contributed by atoms with Gasteiger partial charge in [-0.15, -0.1) is 11.8 Å². The van der Waals surface area contributed by atoms with Crippen LogP contribution in [-0.2, 0) is 19.2 Å². The maximum atomic E-state index is 13.1. The molecule has 1 aromatic heterocycles. The normalized spacial score (nSPS) is 26.2. The summed E-state index contributed by atoms with van der Waals surface area (Å²) in [5.41, 5.74) is 6.13. The number of β-lactam (4-membered cyclic amide) rings is 1. The molecule has 192 valence electrons. The van der Waals surface area contributed by atoms with E-state index in [2.05, 4.69) is 25.1 Å². The summed E-state index contributed by atoms with van der Waals surface area (Å²) >= 11 is 5.44. The lowest BCUT2D eigenvalue weighted by Crippen LogP contribution is -2.71. The first kappa shape index (κ1) is 25.3. The van der Waals surface area contributed by atoms with Crippen LogP contribution in [0.4, 0.5) is 5.13 Å². The minimum absolute atomic E-state index is 0.00314. The SMILES string of the molecule is Nc1nc(/C(=N/OC2C=CCC2)C(=O)NC2C(=O)N3C(C(=O)O)=C(CSN4CNCS4)CS[C@H]23)ns1. The predicted octanol–water partition coefficient (Wildman–Crippen LogP) is 0.415. The monoisotopic (exact) mass is 570 g/mol. The Morgan fingerprint density at radius 1 is 1.44 bits per heavy atom. The Labute approximate surface area is 222 Å². The first-order valence-corrected chi connectivity index (χ1v) is 14.6. The minimum atomic E-state index is -1.16. The second-order valence-corrected chi connectivity index (χ2v) is 12.0. The number of allylic oxidation sites excluding steroid dienone is 1. The van der Waals surface area contributed by atoms with E-state index in [-0.39, 0.29) is 28.5 Å². The summed E-state index contributed by atoms with van der Waals surface area (Å²) in [6.45, 7) is 0.696. The number of rotatable bonds is 9. The lowest BCUT2D eigenvalue weighted by molar-refractivity contribution is -0.150. The van der Waals surface area contributed by atoms with Gasteiger partial charge in [-0.05, 0) is 24.5 Å². The lowest BCUT2D eigenvalue weighted by atomic mass is 10.0. The molecule has 2 unspecified atom stereocenters. The van der Waals surface area contributed by atoms with Gasteiger partial charge < -0.3 is 21.0 Å². The average Bonchev–Trinajstić information content (AvgIpc) is 3.64. The molecule has 3 aliphatic heterocycles. The fourth-order valence-corrected chi connectivity index (χ4v) is 7.62. The molecule has 2 amide bonds. The lowest BCUT2D eigenvalue weighted by Gasteiger charge is -2.49. The number of nitrogens with zero attached hydrogens (tertiary/aromatic N) is 5.